The van der Waals surface area contributed by atoms with Crippen LogP contribution >= 0.6 is 11.3 Å². The van der Waals surface area contributed by atoms with Gasteiger partial charge in [-0.05, 0) is 31.2 Å². The van der Waals surface area contributed by atoms with Gasteiger partial charge in [0.15, 0.2) is 0 Å². The monoisotopic (exact) mass is 339 g/mol. The second-order valence-corrected chi connectivity index (χ2v) is 6.82. The fourth-order valence-corrected chi connectivity index (χ4v) is 3.74. The second-order valence-electron chi connectivity index (χ2n) is 5.70. The van der Waals surface area contributed by atoms with Gasteiger partial charge in [0.2, 0.25) is 0 Å². The molecule has 5 heteroatoms. The van der Waals surface area contributed by atoms with E-state index in [9.17, 15) is 5.11 Å². The standard InChI is InChI=1S/C19H21N3OS/c1-22(18(10-12-23)15-7-3-2-4-8-15)14-16-13-21-19(24-16)17-9-5-6-11-20-17/h2-9,11,13,18,23H,10,12,14H2,1H3. The van der Waals surface area contributed by atoms with Crippen LogP contribution in [0.25, 0.3) is 10.7 Å². The molecule has 3 rings (SSSR count). The number of rotatable bonds is 7. The summed E-state index contributed by atoms with van der Waals surface area (Å²) in [5.74, 6) is 0. The van der Waals surface area contributed by atoms with Crippen LogP contribution in [-0.2, 0) is 6.54 Å². The van der Waals surface area contributed by atoms with Crippen LogP contribution in [0.5, 0.6) is 0 Å². The average molecular weight is 339 g/mol. The van der Waals surface area contributed by atoms with Crippen molar-refractivity contribution in [3.05, 3.63) is 71.4 Å². The van der Waals surface area contributed by atoms with E-state index in [1.807, 2.05) is 42.6 Å². The van der Waals surface area contributed by atoms with Gasteiger partial charge in [0.25, 0.3) is 0 Å². The van der Waals surface area contributed by atoms with Crippen molar-refractivity contribution in [2.24, 2.45) is 0 Å². The summed E-state index contributed by atoms with van der Waals surface area (Å²) < 4.78 is 0. The number of pyridine rings is 1. The van der Waals surface area contributed by atoms with Crippen molar-refractivity contribution < 1.29 is 5.11 Å². The predicted octanol–water partition coefficient (Wildman–Crippen LogP) is 3.76. The van der Waals surface area contributed by atoms with Crippen molar-refractivity contribution in [2.45, 2.75) is 19.0 Å². The van der Waals surface area contributed by atoms with Crippen molar-refractivity contribution in [3.8, 4) is 10.7 Å². The minimum atomic E-state index is 0.172. The third-order valence-corrected chi connectivity index (χ3v) is 4.97. The van der Waals surface area contributed by atoms with E-state index in [-0.39, 0.29) is 12.6 Å². The Kier molecular flexibility index (Phi) is 5.69. The van der Waals surface area contributed by atoms with E-state index in [1.54, 1.807) is 17.5 Å². The molecule has 0 aliphatic rings. The second kappa shape index (κ2) is 8.15. The van der Waals surface area contributed by atoms with E-state index >= 15 is 0 Å². The smallest absolute Gasteiger partial charge is 0.142 e. The molecule has 0 amide bonds. The Labute approximate surface area is 146 Å². The van der Waals surface area contributed by atoms with Crippen molar-refractivity contribution in [1.82, 2.24) is 14.9 Å². The topological polar surface area (TPSA) is 49.2 Å². The van der Waals surface area contributed by atoms with Crippen molar-refractivity contribution in [3.63, 3.8) is 0 Å². The molecule has 1 N–H and O–H groups in total. The van der Waals surface area contributed by atoms with Gasteiger partial charge in [-0.1, -0.05) is 36.4 Å². The minimum Gasteiger partial charge on any atom is -0.396 e. The van der Waals surface area contributed by atoms with E-state index in [2.05, 4.69) is 34.0 Å². The summed E-state index contributed by atoms with van der Waals surface area (Å²) >= 11 is 1.67. The third-order valence-electron chi connectivity index (χ3n) is 3.96. The molecule has 0 spiro atoms. The number of thiazole rings is 1. The fourth-order valence-electron chi connectivity index (χ4n) is 2.78. The van der Waals surface area contributed by atoms with E-state index in [4.69, 9.17) is 0 Å². The molecule has 3 aromatic rings. The molecule has 0 aliphatic carbocycles. The van der Waals surface area contributed by atoms with E-state index in [1.165, 1.54) is 10.4 Å². The zero-order chi connectivity index (χ0) is 16.8. The van der Waals surface area contributed by atoms with Crippen LogP contribution in [0.15, 0.2) is 60.9 Å². The Balaban J connectivity index is 1.73. The maximum absolute atomic E-state index is 9.42. The highest BCUT2D eigenvalue weighted by atomic mass is 32.1. The first-order valence-electron chi connectivity index (χ1n) is 8.00. The Morgan fingerprint density at radius 1 is 1.08 bits per heavy atom. The first kappa shape index (κ1) is 16.8. The van der Waals surface area contributed by atoms with Gasteiger partial charge in [-0.25, -0.2) is 4.98 Å². The number of nitrogens with zero attached hydrogens (tertiary/aromatic N) is 3. The van der Waals surface area contributed by atoms with Crippen LogP contribution in [0.3, 0.4) is 0 Å². The molecule has 0 aliphatic heterocycles. The number of aromatic nitrogens is 2. The highest BCUT2D eigenvalue weighted by molar-refractivity contribution is 7.14. The van der Waals surface area contributed by atoms with Crippen LogP contribution in [-0.4, -0.2) is 33.6 Å². The highest BCUT2D eigenvalue weighted by Gasteiger charge is 2.18. The highest BCUT2D eigenvalue weighted by Crippen LogP contribution is 2.28. The van der Waals surface area contributed by atoms with Crippen molar-refractivity contribution in [1.29, 1.82) is 0 Å². The van der Waals surface area contributed by atoms with Gasteiger partial charge in [-0.2, -0.15) is 0 Å². The van der Waals surface area contributed by atoms with Gasteiger partial charge in [0, 0.05) is 36.5 Å². The van der Waals surface area contributed by atoms with Gasteiger partial charge in [0.1, 0.15) is 5.01 Å². The molecule has 0 fully saturated rings. The summed E-state index contributed by atoms with van der Waals surface area (Å²) in [6, 6.07) is 16.4. The predicted molar refractivity (Wildman–Crippen MR) is 97.7 cm³/mol. The third kappa shape index (κ3) is 4.06. The van der Waals surface area contributed by atoms with Crippen LogP contribution < -0.4 is 0 Å². The summed E-state index contributed by atoms with van der Waals surface area (Å²) in [6.45, 7) is 0.968. The Morgan fingerprint density at radius 2 is 1.88 bits per heavy atom. The number of aliphatic hydroxyl groups is 1. The lowest BCUT2D eigenvalue weighted by Gasteiger charge is -2.27. The molecule has 0 radical (unpaired) electrons. The van der Waals surface area contributed by atoms with Gasteiger partial charge in [0.05, 0.1) is 5.69 Å². The summed E-state index contributed by atoms with van der Waals surface area (Å²) in [7, 11) is 2.09. The van der Waals surface area contributed by atoms with Crippen LogP contribution in [0, 0.1) is 0 Å². The number of hydrogen-bond donors (Lipinski definition) is 1. The SMILES string of the molecule is CN(Cc1cnc(-c2ccccn2)s1)C(CCO)c1ccccc1. The first-order chi connectivity index (χ1) is 11.8. The minimum absolute atomic E-state index is 0.172. The number of hydrogen-bond acceptors (Lipinski definition) is 5. The van der Waals surface area contributed by atoms with Crippen molar-refractivity contribution >= 4 is 11.3 Å². The Bertz CT molecular complexity index is 746. The molecule has 0 saturated heterocycles. The zero-order valence-electron chi connectivity index (χ0n) is 13.7. The number of benzene rings is 1. The van der Waals surface area contributed by atoms with Crippen LogP contribution in [0.1, 0.15) is 22.9 Å². The molecule has 1 unspecified atom stereocenters. The molecular weight excluding hydrogens is 318 g/mol. The Morgan fingerprint density at radius 3 is 2.58 bits per heavy atom. The van der Waals surface area contributed by atoms with Gasteiger partial charge >= 0.3 is 0 Å². The molecule has 1 aromatic carbocycles. The van der Waals surface area contributed by atoms with Gasteiger partial charge in [-0.3, -0.25) is 9.88 Å². The molecule has 1 atom stereocenters. The Hall–Kier alpha value is -2.08. The van der Waals surface area contributed by atoms with E-state index in [0.717, 1.165) is 17.2 Å². The molecule has 0 saturated carbocycles. The molecule has 2 aromatic heterocycles. The largest absolute Gasteiger partial charge is 0.396 e. The number of aliphatic hydroxyl groups excluding tert-OH is 1. The fraction of sp³-hybridized carbons (Fsp3) is 0.263. The molecule has 2 heterocycles. The van der Waals surface area contributed by atoms with Crippen LogP contribution in [0.4, 0.5) is 0 Å². The molecule has 24 heavy (non-hydrogen) atoms. The van der Waals surface area contributed by atoms with Crippen LogP contribution in [0.2, 0.25) is 0 Å². The maximum atomic E-state index is 9.42. The van der Waals surface area contributed by atoms with Gasteiger partial charge < -0.3 is 5.11 Å². The summed E-state index contributed by atoms with van der Waals surface area (Å²) in [6.07, 6.45) is 4.42. The molecule has 4 nitrogen and oxygen atoms in total. The quantitative estimate of drug-likeness (QED) is 0.712. The zero-order valence-corrected chi connectivity index (χ0v) is 14.5. The van der Waals surface area contributed by atoms with E-state index < -0.39 is 0 Å². The summed E-state index contributed by atoms with van der Waals surface area (Å²) in [4.78, 5) is 12.3. The first-order valence-corrected chi connectivity index (χ1v) is 8.81. The lowest BCUT2D eigenvalue weighted by atomic mass is 10.0. The summed E-state index contributed by atoms with van der Waals surface area (Å²) in [5.41, 5.74) is 2.13. The van der Waals surface area contributed by atoms with E-state index in [0.29, 0.717) is 6.42 Å². The van der Waals surface area contributed by atoms with Crippen molar-refractivity contribution in [2.75, 3.05) is 13.7 Å². The lowest BCUT2D eigenvalue weighted by molar-refractivity contribution is 0.181. The molecule has 0 bridgehead atoms. The normalized spacial score (nSPS) is 12.5. The average Bonchev–Trinajstić information content (AvgIpc) is 3.09. The summed E-state index contributed by atoms with van der Waals surface area (Å²) in [5, 5.41) is 10.4. The molecular formula is C19H21N3OS. The maximum Gasteiger partial charge on any atom is 0.142 e. The molecule has 124 valence electrons. The lowest BCUT2D eigenvalue weighted by Crippen LogP contribution is -2.24. The van der Waals surface area contributed by atoms with Gasteiger partial charge in [-0.15, -0.1) is 11.3 Å².